The van der Waals surface area contributed by atoms with E-state index < -0.39 is 0 Å². The third-order valence-electron chi connectivity index (χ3n) is 4.17. The molecule has 0 spiro atoms. The van der Waals surface area contributed by atoms with Crippen molar-refractivity contribution >= 4 is 0 Å². The Labute approximate surface area is 94.4 Å². The molecule has 1 heterocycles. The lowest BCUT2D eigenvalue weighted by atomic mass is 9.85. The first-order valence-electron chi connectivity index (χ1n) is 6.77. The van der Waals surface area contributed by atoms with E-state index in [9.17, 15) is 0 Å². The van der Waals surface area contributed by atoms with Crippen LogP contribution in [0.1, 0.15) is 46.0 Å². The van der Waals surface area contributed by atoms with Crippen molar-refractivity contribution in [3.8, 4) is 0 Å². The smallest absolute Gasteiger partial charge is 0.0348 e. The van der Waals surface area contributed by atoms with Gasteiger partial charge in [0.25, 0.3) is 0 Å². The monoisotopic (exact) mass is 210 g/mol. The van der Waals surface area contributed by atoms with Crippen molar-refractivity contribution in [2.45, 2.75) is 58.0 Å². The molecule has 1 saturated heterocycles. The SMILES string of the molecule is CCCN(C1CCC(C)CC1)C1CNC1. The first-order chi connectivity index (χ1) is 7.31. The van der Waals surface area contributed by atoms with Gasteiger partial charge in [0.15, 0.2) is 0 Å². The Kier molecular flexibility index (Phi) is 4.04. The normalized spacial score (nSPS) is 33.0. The fourth-order valence-corrected chi connectivity index (χ4v) is 3.00. The van der Waals surface area contributed by atoms with Crippen LogP contribution in [0.15, 0.2) is 0 Å². The van der Waals surface area contributed by atoms with Crippen LogP contribution >= 0.6 is 0 Å². The molecule has 0 amide bonds. The number of hydrogen-bond donors (Lipinski definition) is 1. The molecule has 2 heteroatoms. The minimum absolute atomic E-state index is 0.850. The fraction of sp³-hybridized carbons (Fsp3) is 1.00. The molecule has 0 radical (unpaired) electrons. The number of hydrogen-bond acceptors (Lipinski definition) is 2. The molecule has 1 N–H and O–H groups in total. The molecule has 0 aromatic carbocycles. The Balaban J connectivity index is 1.86. The second-order valence-corrected chi connectivity index (χ2v) is 5.46. The molecule has 2 aliphatic rings. The average molecular weight is 210 g/mol. The van der Waals surface area contributed by atoms with E-state index in [1.807, 2.05) is 0 Å². The molecule has 1 aliphatic heterocycles. The Morgan fingerprint density at radius 3 is 2.20 bits per heavy atom. The summed E-state index contributed by atoms with van der Waals surface area (Å²) in [6.45, 7) is 8.49. The van der Waals surface area contributed by atoms with E-state index in [2.05, 4.69) is 24.1 Å². The van der Waals surface area contributed by atoms with E-state index in [-0.39, 0.29) is 0 Å². The van der Waals surface area contributed by atoms with E-state index in [4.69, 9.17) is 0 Å². The van der Waals surface area contributed by atoms with Gasteiger partial charge in [0.1, 0.15) is 0 Å². The van der Waals surface area contributed by atoms with Gasteiger partial charge in [0.2, 0.25) is 0 Å². The van der Waals surface area contributed by atoms with E-state index in [0.29, 0.717) is 0 Å². The van der Waals surface area contributed by atoms with Crippen molar-refractivity contribution in [2.75, 3.05) is 19.6 Å². The van der Waals surface area contributed by atoms with E-state index in [1.165, 1.54) is 51.7 Å². The van der Waals surface area contributed by atoms with Gasteiger partial charge in [-0.2, -0.15) is 0 Å². The minimum atomic E-state index is 0.850. The highest BCUT2D eigenvalue weighted by Crippen LogP contribution is 2.28. The maximum atomic E-state index is 3.41. The summed E-state index contributed by atoms with van der Waals surface area (Å²) < 4.78 is 0. The molecule has 0 bridgehead atoms. The highest BCUT2D eigenvalue weighted by Gasteiger charge is 2.31. The average Bonchev–Trinajstić information content (AvgIpc) is 2.16. The molecule has 1 saturated carbocycles. The van der Waals surface area contributed by atoms with E-state index in [1.54, 1.807) is 0 Å². The summed E-state index contributed by atoms with van der Waals surface area (Å²) in [5.74, 6) is 0.976. The predicted molar refractivity (Wildman–Crippen MR) is 65.1 cm³/mol. The quantitative estimate of drug-likeness (QED) is 0.765. The Hall–Kier alpha value is -0.0800. The summed E-state index contributed by atoms with van der Waals surface area (Å²) in [6.07, 6.45) is 7.09. The molecule has 0 atom stereocenters. The third kappa shape index (κ3) is 2.73. The highest BCUT2D eigenvalue weighted by molar-refractivity contribution is 4.89. The molecule has 88 valence electrons. The van der Waals surface area contributed by atoms with Crippen LogP contribution in [-0.4, -0.2) is 36.6 Å². The molecule has 2 nitrogen and oxygen atoms in total. The van der Waals surface area contributed by atoms with Crippen LogP contribution in [0.5, 0.6) is 0 Å². The molecular formula is C13H26N2. The number of nitrogens with zero attached hydrogens (tertiary/aromatic N) is 1. The summed E-state index contributed by atoms with van der Waals surface area (Å²) in [5.41, 5.74) is 0. The van der Waals surface area contributed by atoms with Crippen molar-refractivity contribution in [3.05, 3.63) is 0 Å². The highest BCUT2D eigenvalue weighted by atomic mass is 15.3. The molecule has 0 unspecified atom stereocenters. The molecular weight excluding hydrogens is 184 g/mol. The number of nitrogens with one attached hydrogen (secondary N) is 1. The molecule has 1 aliphatic carbocycles. The second-order valence-electron chi connectivity index (χ2n) is 5.46. The lowest BCUT2D eigenvalue weighted by Gasteiger charge is -2.45. The summed E-state index contributed by atoms with van der Waals surface area (Å²) in [7, 11) is 0. The first kappa shape index (κ1) is 11.4. The van der Waals surface area contributed by atoms with Gasteiger partial charge in [0, 0.05) is 25.2 Å². The van der Waals surface area contributed by atoms with Crippen LogP contribution < -0.4 is 5.32 Å². The fourth-order valence-electron chi connectivity index (χ4n) is 3.00. The van der Waals surface area contributed by atoms with Crippen molar-refractivity contribution in [3.63, 3.8) is 0 Å². The molecule has 15 heavy (non-hydrogen) atoms. The topological polar surface area (TPSA) is 15.3 Å². The maximum absolute atomic E-state index is 3.41. The number of rotatable bonds is 4. The van der Waals surface area contributed by atoms with Gasteiger partial charge in [-0.3, -0.25) is 4.90 Å². The summed E-state index contributed by atoms with van der Waals surface area (Å²) in [4.78, 5) is 2.79. The summed E-state index contributed by atoms with van der Waals surface area (Å²) in [5, 5.41) is 3.41. The lowest BCUT2D eigenvalue weighted by molar-refractivity contribution is 0.0654. The molecule has 2 fully saturated rings. The summed E-state index contributed by atoms with van der Waals surface area (Å²) >= 11 is 0. The van der Waals surface area contributed by atoms with Crippen molar-refractivity contribution in [1.29, 1.82) is 0 Å². The van der Waals surface area contributed by atoms with Gasteiger partial charge in [-0.15, -0.1) is 0 Å². The molecule has 2 rings (SSSR count). The Bertz CT molecular complexity index is 181. The second kappa shape index (κ2) is 5.31. The maximum Gasteiger partial charge on any atom is 0.0348 e. The van der Waals surface area contributed by atoms with Crippen molar-refractivity contribution in [1.82, 2.24) is 10.2 Å². The summed E-state index contributed by atoms with van der Waals surface area (Å²) in [6, 6.07) is 1.75. The zero-order valence-corrected chi connectivity index (χ0v) is 10.3. The van der Waals surface area contributed by atoms with Gasteiger partial charge in [0.05, 0.1) is 0 Å². The Morgan fingerprint density at radius 1 is 1.07 bits per heavy atom. The van der Waals surface area contributed by atoms with Crippen molar-refractivity contribution in [2.24, 2.45) is 5.92 Å². The van der Waals surface area contributed by atoms with Crippen LogP contribution in [-0.2, 0) is 0 Å². The molecule has 0 aromatic rings. The van der Waals surface area contributed by atoms with Crippen molar-refractivity contribution < 1.29 is 0 Å². The van der Waals surface area contributed by atoms with Crippen LogP contribution in [0, 0.1) is 5.92 Å². The Morgan fingerprint density at radius 2 is 1.73 bits per heavy atom. The van der Waals surface area contributed by atoms with Gasteiger partial charge in [-0.05, 0) is 44.6 Å². The largest absolute Gasteiger partial charge is 0.314 e. The standard InChI is InChI=1S/C13H26N2/c1-3-8-15(13-9-14-10-13)12-6-4-11(2)5-7-12/h11-14H,3-10H2,1-2H3. The third-order valence-corrected chi connectivity index (χ3v) is 4.17. The van der Waals surface area contributed by atoms with Crippen LogP contribution in [0.3, 0.4) is 0 Å². The van der Waals surface area contributed by atoms with Gasteiger partial charge < -0.3 is 5.32 Å². The zero-order chi connectivity index (χ0) is 10.7. The van der Waals surface area contributed by atoms with Gasteiger partial charge in [-0.25, -0.2) is 0 Å². The minimum Gasteiger partial charge on any atom is -0.314 e. The zero-order valence-electron chi connectivity index (χ0n) is 10.3. The molecule has 0 aromatic heterocycles. The van der Waals surface area contributed by atoms with E-state index >= 15 is 0 Å². The predicted octanol–water partition coefficient (Wildman–Crippen LogP) is 2.25. The van der Waals surface area contributed by atoms with Crippen LogP contribution in [0.2, 0.25) is 0 Å². The first-order valence-corrected chi connectivity index (χ1v) is 6.77. The van der Waals surface area contributed by atoms with Crippen LogP contribution in [0.25, 0.3) is 0 Å². The van der Waals surface area contributed by atoms with Gasteiger partial charge >= 0.3 is 0 Å². The van der Waals surface area contributed by atoms with Crippen LogP contribution in [0.4, 0.5) is 0 Å². The van der Waals surface area contributed by atoms with E-state index in [0.717, 1.165) is 18.0 Å². The lowest BCUT2D eigenvalue weighted by Crippen LogP contribution is -2.60. The van der Waals surface area contributed by atoms with Gasteiger partial charge in [-0.1, -0.05) is 13.8 Å².